The minimum atomic E-state index is -0.762. The molecule has 1 atom stereocenters. The molecule has 0 aromatic carbocycles. The first-order chi connectivity index (χ1) is 29.6. The van der Waals surface area contributed by atoms with Crippen LogP contribution in [0.5, 0.6) is 0 Å². The van der Waals surface area contributed by atoms with Gasteiger partial charge in [-0.05, 0) is 12.8 Å². The standard InChI is InChI=1S/C55H108O5/c1-3-5-7-9-11-13-15-17-18-19-20-21-22-23-24-25-26-27-28-29-30-31-32-33-34-35-36-37-38-40-42-44-46-48-50-55(58)60-53(51-56)52-59-54(57)49-47-45-43-41-39-16-14-12-10-8-6-4-2/h53,56H,3-52H2,1-2H3. The van der Waals surface area contributed by atoms with E-state index in [4.69, 9.17) is 9.47 Å². The molecular weight excluding hydrogens is 741 g/mol. The van der Waals surface area contributed by atoms with Crippen molar-refractivity contribution < 1.29 is 24.2 Å². The second kappa shape index (κ2) is 52.2. The summed E-state index contributed by atoms with van der Waals surface area (Å²) in [7, 11) is 0. The number of aliphatic hydroxyl groups excluding tert-OH is 1. The van der Waals surface area contributed by atoms with Crippen LogP contribution in [0, 0.1) is 0 Å². The van der Waals surface area contributed by atoms with E-state index in [9.17, 15) is 14.7 Å². The topological polar surface area (TPSA) is 72.8 Å². The van der Waals surface area contributed by atoms with Crippen LogP contribution in [0.15, 0.2) is 0 Å². The Balaban J connectivity index is 3.33. The fourth-order valence-electron chi connectivity index (χ4n) is 8.74. The predicted molar refractivity (Wildman–Crippen MR) is 261 cm³/mol. The zero-order valence-corrected chi connectivity index (χ0v) is 41.0. The van der Waals surface area contributed by atoms with E-state index in [2.05, 4.69) is 13.8 Å². The summed E-state index contributed by atoms with van der Waals surface area (Å²) in [5.74, 6) is -0.569. The van der Waals surface area contributed by atoms with E-state index in [-0.39, 0.29) is 25.2 Å². The van der Waals surface area contributed by atoms with Crippen molar-refractivity contribution in [1.82, 2.24) is 0 Å². The lowest BCUT2D eigenvalue weighted by Gasteiger charge is -2.15. The van der Waals surface area contributed by atoms with Crippen molar-refractivity contribution in [3.05, 3.63) is 0 Å². The van der Waals surface area contributed by atoms with Crippen LogP contribution in [-0.4, -0.2) is 36.4 Å². The van der Waals surface area contributed by atoms with Crippen molar-refractivity contribution in [2.24, 2.45) is 0 Å². The highest BCUT2D eigenvalue weighted by atomic mass is 16.6. The lowest BCUT2D eigenvalue weighted by molar-refractivity contribution is -0.161. The van der Waals surface area contributed by atoms with Gasteiger partial charge in [0.2, 0.25) is 0 Å². The van der Waals surface area contributed by atoms with Gasteiger partial charge in [0, 0.05) is 12.8 Å². The summed E-state index contributed by atoms with van der Waals surface area (Å²) in [6, 6.07) is 0. The highest BCUT2D eigenvalue weighted by molar-refractivity contribution is 5.70. The Kier molecular flexibility index (Phi) is 51.3. The quantitative estimate of drug-likeness (QED) is 0.0488. The molecule has 0 bridgehead atoms. The minimum absolute atomic E-state index is 0.0565. The average molecular weight is 849 g/mol. The van der Waals surface area contributed by atoms with Crippen molar-refractivity contribution in [3.63, 3.8) is 0 Å². The molecule has 358 valence electrons. The predicted octanol–water partition coefficient (Wildman–Crippen LogP) is 18.2. The second-order valence-corrected chi connectivity index (χ2v) is 19.0. The summed E-state index contributed by atoms with van der Waals surface area (Å²) in [5, 5.41) is 9.60. The number of ether oxygens (including phenoxy) is 2. The molecule has 0 amide bonds. The second-order valence-electron chi connectivity index (χ2n) is 19.0. The highest BCUT2D eigenvalue weighted by Gasteiger charge is 2.16. The van der Waals surface area contributed by atoms with E-state index in [1.165, 1.54) is 263 Å². The third kappa shape index (κ3) is 49.6. The molecule has 0 spiro atoms. The first-order valence-corrected chi connectivity index (χ1v) is 27.6. The summed E-state index contributed by atoms with van der Waals surface area (Å²) in [6.07, 6.45) is 62.4. The normalized spacial score (nSPS) is 12.0. The molecule has 5 nitrogen and oxygen atoms in total. The van der Waals surface area contributed by atoms with Crippen molar-refractivity contribution in [2.45, 2.75) is 328 Å². The number of rotatable bonds is 52. The van der Waals surface area contributed by atoms with E-state index in [0.717, 1.165) is 32.1 Å². The smallest absolute Gasteiger partial charge is 0.306 e. The molecule has 1 N–H and O–H groups in total. The van der Waals surface area contributed by atoms with E-state index in [1.54, 1.807) is 0 Å². The molecule has 1 unspecified atom stereocenters. The number of aliphatic hydroxyl groups is 1. The summed E-state index contributed by atoms with van der Waals surface area (Å²) in [6.45, 7) is 4.18. The molecule has 0 saturated heterocycles. The van der Waals surface area contributed by atoms with Crippen molar-refractivity contribution in [2.75, 3.05) is 13.2 Å². The van der Waals surface area contributed by atoms with Gasteiger partial charge in [0.1, 0.15) is 6.61 Å². The lowest BCUT2D eigenvalue weighted by atomic mass is 10.0. The molecule has 0 aromatic heterocycles. The minimum Gasteiger partial charge on any atom is -0.462 e. The van der Waals surface area contributed by atoms with Gasteiger partial charge in [0.25, 0.3) is 0 Å². The van der Waals surface area contributed by atoms with Crippen LogP contribution < -0.4 is 0 Å². The van der Waals surface area contributed by atoms with Crippen LogP contribution in [0.2, 0.25) is 0 Å². The van der Waals surface area contributed by atoms with Crippen LogP contribution in [-0.2, 0) is 19.1 Å². The Morgan fingerprint density at radius 3 is 0.733 bits per heavy atom. The van der Waals surface area contributed by atoms with Crippen LogP contribution in [0.4, 0.5) is 0 Å². The Hall–Kier alpha value is -1.10. The Bertz CT molecular complexity index is 830. The van der Waals surface area contributed by atoms with Gasteiger partial charge in [0.05, 0.1) is 6.61 Å². The van der Waals surface area contributed by atoms with E-state index >= 15 is 0 Å². The van der Waals surface area contributed by atoms with Crippen LogP contribution in [0.1, 0.15) is 322 Å². The number of carbonyl (C=O) groups is 2. The molecule has 0 aliphatic heterocycles. The Labute approximate surface area is 376 Å². The largest absolute Gasteiger partial charge is 0.462 e. The fraction of sp³-hybridized carbons (Fsp3) is 0.964. The third-order valence-corrected chi connectivity index (χ3v) is 12.9. The summed E-state index contributed by atoms with van der Waals surface area (Å²) in [4.78, 5) is 24.4. The molecule has 0 aromatic rings. The monoisotopic (exact) mass is 849 g/mol. The molecular formula is C55H108O5. The molecule has 5 heteroatoms. The van der Waals surface area contributed by atoms with Crippen LogP contribution in [0.3, 0.4) is 0 Å². The fourth-order valence-corrected chi connectivity index (χ4v) is 8.74. The summed E-state index contributed by atoms with van der Waals surface area (Å²) >= 11 is 0. The molecule has 0 radical (unpaired) electrons. The molecule has 0 saturated carbocycles. The van der Waals surface area contributed by atoms with Gasteiger partial charge >= 0.3 is 11.9 Å². The van der Waals surface area contributed by atoms with Gasteiger partial charge in [-0.25, -0.2) is 0 Å². The first-order valence-electron chi connectivity index (χ1n) is 27.6. The maximum Gasteiger partial charge on any atom is 0.306 e. The van der Waals surface area contributed by atoms with Gasteiger partial charge in [-0.1, -0.05) is 296 Å². The number of carbonyl (C=O) groups excluding carboxylic acids is 2. The molecule has 0 aliphatic rings. The van der Waals surface area contributed by atoms with Gasteiger partial charge < -0.3 is 14.6 Å². The highest BCUT2D eigenvalue weighted by Crippen LogP contribution is 2.18. The van der Waals surface area contributed by atoms with Gasteiger partial charge in [-0.2, -0.15) is 0 Å². The number of unbranched alkanes of at least 4 members (excludes halogenated alkanes) is 44. The maximum atomic E-state index is 12.3. The summed E-state index contributed by atoms with van der Waals surface area (Å²) < 4.78 is 10.7. The zero-order chi connectivity index (χ0) is 43.5. The van der Waals surface area contributed by atoms with Gasteiger partial charge in [0.15, 0.2) is 6.10 Å². The maximum absolute atomic E-state index is 12.3. The zero-order valence-electron chi connectivity index (χ0n) is 41.0. The third-order valence-electron chi connectivity index (χ3n) is 12.9. The van der Waals surface area contributed by atoms with Crippen LogP contribution in [0.25, 0.3) is 0 Å². The van der Waals surface area contributed by atoms with Gasteiger partial charge in [-0.15, -0.1) is 0 Å². The molecule has 0 heterocycles. The van der Waals surface area contributed by atoms with Crippen molar-refractivity contribution >= 4 is 11.9 Å². The number of esters is 2. The average Bonchev–Trinajstić information content (AvgIpc) is 3.25. The Morgan fingerprint density at radius 1 is 0.317 bits per heavy atom. The van der Waals surface area contributed by atoms with Crippen LogP contribution >= 0.6 is 0 Å². The summed E-state index contributed by atoms with van der Waals surface area (Å²) in [5.41, 5.74) is 0. The molecule has 0 rings (SSSR count). The number of hydrogen-bond donors (Lipinski definition) is 1. The van der Waals surface area contributed by atoms with E-state index in [0.29, 0.717) is 12.8 Å². The van der Waals surface area contributed by atoms with Crippen molar-refractivity contribution in [3.8, 4) is 0 Å². The number of hydrogen-bond acceptors (Lipinski definition) is 5. The molecule has 0 aliphatic carbocycles. The first kappa shape index (κ1) is 58.9. The molecule has 0 fully saturated rings. The van der Waals surface area contributed by atoms with Gasteiger partial charge in [-0.3, -0.25) is 9.59 Å². The Morgan fingerprint density at radius 2 is 0.517 bits per heavy atom. The van der Waals surface area contributed by atoms with Crippen molar-refractivity contribution in [1.29, 1.82) is 0 Å². The lowest BCUT2D eigenvalue weighted by Crippen LogP contribution is -2.28. The van der Waals surface area contributed by atoms with E-state index < -0.39 is 6.10 Å². The molecule has 60 heavy (non-hydrogen) atoms. The van der Waals surface area contributed by atoms with E-state index in [1.807, 2.05) is 0 Å². The SMILES string of the molecule is CCCCCCCCCCCCCCCCCCCCCCCCCCCCCCCCCCCCC(=O)OC(CO)COC(=O)CCCCCCCCCCCCCC.